The fourth-order valence-corrected chi connectivity index (χ4v) is 3.62. The number of aromatic hydroxyl groups is 1. The van der Waals surface area contributed by atoms with E-state index in [0.717, 1.165) is 27.6 Å². The van der Waals surface area contributed by atoms with Crippen molar-refractivity contribution in [2.45, 2.75) is 5.92 Å². The summed E-state index contributed by atoms with van der Waals surface area (Å²) in [6, 6.07) is 21.5. The van der Waals surface area contributed by atoms with Gasteiger partial charge in [-0.05, 0) is 35.4 Å². The van der Waals surface area contributed by atoms with E-state index in [4.69, 9.17) is 9.47 Å². The van der Waals surface area contributed by atoms with Gasteiger partial charge in [0.2, 0.25) is 0 Å². The molecule has 136 valence electrons. The molecular formula is C23H21NO3. The van der Waals surface area contributed by atoms with Crippen LogP contribution in [0, 0.1) is 0 Å². The highest BCUT2D eigenvalue weighted by Crippen LogP contribution is 2.42. The molecule has 0 fully saturated rings. The lowest BCUT2D eigenvalue weighted by molar-refractivity contribution is 0.354. The van der Waals surface area contributed by atoms with E-state index < -0.39 is 0 Å². The molecule has 0 radical (unpaired) electrons. The molecule has 1 aromatic heterocycles. The van der Waals surface area contributed by atoms with Gasteiger partial charge in [0.1, 0.15) is 5.75 Å². The second kappa shape index (κ2) is 7.08. The van der Waals surface area contributed by atoms with Crippen LogP contribution in [-0.4, -0.2) is 24.3 Å². The summed E-state index contributed by atoms with van der Waals surface area (Å²) in [6.45, 7) is 0. The molecular weight excluding hydrogens is 338 g/mol. The number of benzene rings is 3. The number of phenols is 1. The largest absolute Gasteiger partial charge is 0.508 e. The molecule has 27 heavy (non-hydrogen) atoms. The van der Waals surface area contributed by atoms with Crippen molar-refractivity contribution in [3.05, 3.63) is 89.6 Å². The normalized spacial score (nSPS) is 12.1. The Labute approximate surface area is 158 Å². The van der Waals surface area contributed by atoms with E-state index in [9.17, 15) is 5.11 Å². The maximum Gasteiger partial charge on any atom is 0.161 e. The Morgan fingerprint density at radius 1 is 0.815 bits per heavy atom. The molecule has 0 saturated carbocycles. The minimum Gasteiger partial charge on any atom is -0.508 e. The second-order valence-corrected chi connectivity index (χ2v) is 6.40. The average Bonchev–Trinajstić information content (AvgIpc) is 3.13. The highest BCUT2D eigenvalue weighted by Gasteiger charge is 2.24. The third-order valence-electron chi connectivity index (χ3n) is 4.92. The maximum atomic E-state index is 10.6. The van der Waals surface area contributed by atoms with Crippen LogP contribution in [0.15, 0.2) is 72.9 Å². The lowest BCUT2D eigenvalue weighted by Gasteiger charge is -2.20. The maximum absolute atomic E-state index is 10.6. The number of methoxy groups -OCH3 is 2. The highest BCUT2D eigenvalue weighted by molar-refractivity contribution is 5.85. The molecule has 1 unspecified atom stereocenters. The fraction of sp³-hybridized carbons (Fsp3) is 0.130. The fourth-order valence-electron chi connectivity index (χ4n) is 3.62. The van der Waals surface area contributed by atoms with E-state index in [-0.39, 0.29) is 11.7 Å². The van der Waals surface area contributed by atoms with Gasteiger partial charge in [0.25, 0.3) is 0 Å². The van der Waals surface area contributed by atoms with E-state index in [2.05, 4.69) is 17.1 Å². The van der Waals surface area contributed by atoms with Gasteiger partial charge in [-0.15, -0.1) is 0 Å². The molecule has 1 heterocycles. The number of aromatic nitrogens is 1. The average molecular weight is 359 g/mol. The van der Waals surface area contributed by atoms with Crippen LogP contribution in [0.4, 0.5) is 0 Å². The Morgan fingerprint density at radius 3 is 2.33 bits per heavy atom. The van der Waals surface area contributed by atoms with Crippen molar-refractivity contribution in [3.8, 4) is 17.2 Å². The molecule has 0 aliphatic rings. The van der Waals surface area contributed by atoms with Gasteiger partial charge in [0.15, 0.2) is 11.5 Å². The highest BCUT2D eigenvalue weighted by atomic mass is 16.5. The number of aromatic amines is 1. The number of hydrogen-bond donors (Lipinski definition) is 2. The molecule has 4 rings (SSSR count). The molecule has 0 bridgehead atoms. The van der Waals surface area contributed by atoms with Crippen LogP contribution >= 0.6 is 0 Å². The number of hydrogen-bond acceptors (Lipinski definition) is 3. The zero-order valence-corrected chi connectivity index (χ0v) is 15.3. The van der Waals surface area contributed by atoms with E-state index in [1.54, 1.807) is 20.3 Å². The first-order chi connectivity index (χ1) is 13.2. The molecule has 3 aromatic carbocycles. The summed E-state index contributed by atoms with van der Waals surface area (Å²) in [4.78, 5) is 3.34. The first-order valence-electron chi connectivity index (χ1n) is 8.78. The van der Waals surface area contributed by atoms with Crippen LogP contribution < -0.4 is 9.47 Å². The van der Waals surface area contributed by atoms with Crippen LogP contribution in [0.5, 0.6) is 17.2 Å². The van der Waals surface area contributed by atoms with Gasteiger partial charge in [-0.2, -0.15) is 0 Å². The number of nitrogens with one attached hydrogen (secondary N) is 1. The number of phenolic OH excluding ortho intramolecular Hbond substituents is 1. The van der Waals surface area contributed by atoms with Crippen molar-refractivity contribution < 1.29 is 14.6 Å². The smallest absolute Gasteiger partial charge is 0.161 e. The van der Waals surface area contributed by atoms with Crippen molar-refractivity contribution in [2.75, 3.05) is 14.2 Å². The summed E-state index contributed by atoms with van der Waals surface area (Å²) >= 11 is 0. The van der Waals surface area contributed by atoms with Gasteiger partial charge in [-0.25, -0.2) is 0 Å². The quantitative estimate of drug-likeness (QED) is 0.523. The van der Waals surface area contributed by atoms with E-state index in [1.165, 1.54) is 0 Å². The SMILES string of the molecule is COc1ccc(C(c2ccccc2O)c2c[nH]c3ccccc23)cc1OC. The number of H-pyrrole nitrogens is 1. The van der Waals surface area contributed by atoms with Crippen LogP contribution in [-0.2, 0) is 0 Å². The molecule has 4 aromatic rings. The van der Waals surface area contributed by atoms with Gasteiger partial charge in [0, 0.05) is 28.6 Å². The number of para-hydroxylation sites is 2. The monoisotopic (exact) mass is 359 g/mol. The summed E-state index contributed by atoms with van der Waals surface area (Å²) in [7, 11) is 3.25. The summed E-state index contributed by atoms with van der Waals surface area (Å²) in [5.41, 5.74) is 4.01. The Balaban J connectivity index is 1.96. The van der Waals surface area contributed by atoms with Crippen molar-refractivity contribution in [3.63, 3.8) is 0 Å². The molecule has 1 atom stereocenters. The predicted octanol–water partition coefficient (Wildman–Crippen LogP) is 5.07. The Bertz CT molecular complexity index is 1080. The Kier molecular flexibility index (Phi) is 4.47. The van der Waals surface area contributed by atoms with Crippen molar-refractivity contribution >= 4 is 10.9 Å². The van der Waals surface area contributed by atoms with Crippen molar-refractivity contribution in [1.29, 1.82) is 0 Å². The third kappa shape index (κ3) is 2.99. The van der Waals surface area contributed by atoms with E-state index >= 15 is 0 Å². The van der Waals surface area contributed by atoms with Gasteiger partial charge < -0.3 is 19.6 Å². The molecule has 4 heteroatoms. The van der Waals surface area contributed by atoms with E-state index in [0.29, 0.717) is 11.5 Å². The van der Waals surface area contributed by atoms with Gasteiger partial charge >= 0.3 is 0 Å². The molecule has 0 saturated heterocycles. The van der Waals surface area contributed by atoms with Crippen LogP contribution in [0.1, 0.15) is 22.6 Å². The molecule has 0 spiro atoms. The number of fused-ring (bicyclic) bond motifs is 1. The number of ether oxygens (including phenoxy) is 2. The minimum atomic E-state index is -0.151. The second-order valence-electron chi connectivity index (χ2n) is 6.40. The van der Waals surface area contributed by atoms with Crippen molar-refractivity contribution in [2.24, 2.45) is 0 Å². The summed E-state index contributed by atoms with van der Waals surface area (Å²) < 4.78 is 10.9. The van der Waals surface area contributed by atoms with E-state index in [1.807, 2.05) is 54.7 Å². The van der Waals surface area contributed by atoms with Crippen LogP contribution in [0.3, 0.4) is 0 Å². The zero-order valence-electron chi connectivity index (χ0n) is 15.3. The first kappa shape index (κ1) is 17.0. The van der Waals surface area contributed by atoms with Crippen molar-refractivity contribution in [1.82, 2.24) is 4.98 Å². The first-order valence-corrected chi connectivity index (χ1v) is 8.78. The van der Waals surface area contributed by atoms with Crippen LogP contribution in [0.25, 0.3) is 10.9 Å². The van der Waals surface area contributed by atoms with Crippen LogP contribution in [0.2, 0.25) is 0 Å². The summed E-state index contributed by atoms with van der Waals surface area (Å²) in [5, 5.41) is 11.7. The Morgan fingerprint density at radius 2 is 1.56 bits per heavy atom. The topological polar surface area (TPSA) is 54.5 Å². The predicted molar refractivity (Wildman–Crippen MR) is 107 cm³/mol. The third-order valence-corrected chi connectivity index (χ3v) is 4.92. The summed E-state index contributed by atoms with van der Waals surface area (Å²) in [5.74, 6) is 1.45. The molecule has 0 aliphatic heterocycles. The zero-order chi connectivity index (χ0) is 18.8. The molecule has 2 N–H and O–H groups in total. The lowest BCUT2D eigenvalue weighted by Crippen LogP contribution is -2.04. The Hall–Kier alpha value is -3.40. The minimum absolute atomic E-state index is 0.151. The molecule has 0 aliphatic carbocycles. The molecule has 4 nitrogen and oxygen atoms in total. The summed E-state index contributed by atoms with van der Waals surface area (Å²) in [6.07, 6.45) is 2.01. The number of rotatable bonds is 5. The van der Waals surface area contributed by atoms with Gasteiger partial charge in [-0.3, -0.25) is 0 Å². The van der Waals surface area contributed by atoms with Gasteiger partial charge in [-0.1, -0.05) is 42.5 Å². The lowest BCUT2D eigenvalue weighted by atomic mass is 9.84. The molecule has 0 amide bonds. The standard InChI is InChI=1S/C23H21NO3/c1-26-21-12-11-15(13-22(21)27-2)23(17-8-4-6-10-20(17)25)18-14-24-19-9-5-3-7-16(18)19/h3-14,23-25H,1-2H3. The van der Waals surface area contributed by atoms with Gasteiger partial charge in [0.05, 0.1) is 14.2 Å².